The summed E-state index contributed by atoms with van der Waals surface area (Å²) in [6.07, 6.45) is 0. The molecule has 162 valence electrons. The summed E-state index contributed by atoms with van der Waals surface area (Å²) in [4.78, 5) is 0. The van der Waals surface area contributed by atoms with Crippen molar-refractivity contribution in [2.45, 2.75) is 52.4 Å². The molecule has 0 amide bonds. The van der Waals surface area contributed by atoms with E-state index in [4.69, 9.17) is 16.5 Å². The van der Waals surface area contributed by atoms with Crippen LogP contribution in [0, 0.1) is 0 Å². The summed E-state index contributed by atoms with van der Waals surface area (Å²) in [6, 6.07) is 10.2. The molecule has 2 unspecified atom stereocenters. The molecule has 2 atom stereocenters. The van der Waals surface area contributed by atoms with Gasteiger partial charge in [0.15, 0.2) is 16.6 Å². The molecule has 9 heteroatoms. The van der Waals surface area contributed by atoms with Crippen molar-refractivity contribution in [1.82, 2.24) is 0 Å². The van der Waals surface area contributed by atoms with E-state index in [-0.39, 0.29) is 0 Å². The Bertz CT molecular complexity index is 723. The van der Waals surface area contributed by atoms with E-state index in [1.54, 1.807) is 0 Å². The molecular weight excluding hydrogens is 445 g/mol. The quantitative estimate of drug-likeness (QED) is 0.374. The fourth-order valence-electron chi connectivity index (χ4n) is 3.07. The van der Waals surface area contributed by atoms with Crippen molar-refractivity contribution in [3.63, 3.8) is 0 Å². The van der Waals surface area contributed by atoms with Gasteiger partial charge >= 0.3 is 25.7 Å². The van der Waals surface area contributed by atoms with Crippen LogP contribution in [-0.2, 0) is 16.5 Å². The predicted molar refractivity (Wildman–Crippen MR) is 137 cm³/mol. The minimum absolute atomic E-state index is 1.09. The Morgan fingerprint density at radius 3 is 1.55 bits per heavy atom. The van der Waals surface area contributed by atoms with E-state index < -0.39 is 42.3 Å². The van der Waals surface area contributed by atoms with Crippen molar-refractivity contribution in [3.8, 4) is 0 Å². The van der Waals surface area contributed by atoms with Gasteiger partial charge in [-0.2, -0.15) is 0 Å². The minimum atomic E-state index is -2.75. The smallest absolute Gasteiger partial charge is 0.350 e. The zero-order valence-corrected chi connectivity index (χ0v) is 24.4. The van der Waals surface area contributed by atoms with Crippen molar-refractivity contribution in [2.24, 2.45) is 0 Å². The van der Waals surface area contributed by atoms with Gasteiger partial charge in [0.05, 0.1) is 0 Å². The Labute approximate surface area is 183 Å². The molecule has 0 bridgehead atoms. The Hall–Kier alpha value is -0.636. The molecule has 0 aromatic heterocycles. The lowest BCUT2D eigenvalue weighted by Crippen LogP contribution is -2.64. The Kier molecular flexibility index (Phi) is 8.80. The van der Waals surface area contributed by atoms with Gasteiger partial charge in [-0.3, -0.25) is 0 Å². The minimum Gasteiger partial charge on any atom is -0.430 e. The van der Waals surface area contributed by atoms with Crippen molar-refractivity contribution in [3.05, 3.63) is 67.2 Å². The van der Waals surface area contributed by atoms with E-state index >= 15 is 0 Å². The van der Waals surface area contributed by atoms with Crippen LogP contribution < -0.4 is 5.19 Å². The van der Waals surface area contributed by atoms with Gasteiger partial charge in [0, 0.05) is 0 Å². The predicted octanol–water partition coefficient (Wildman–Crippen LogP) is 5.39. The van der Waals surface area contributed by atoms with Crippen LogP contribution in [0.3, 0.4) is 0 Å². The highest BCUT2D eigenvalue weighted by molar-refractivity contribution is 6.97. The van der Waals surface area contributed by atoms with Crippen LogP contribution in [0.15, 0.2) is 67.2 Å². The molecule has 1 rings (SSSR count). The molecule has 1 aromatic rings. The third-order valence-electron chi connectivity index (χ3n) is 4.46. The van der Waals surface area contributed by atoms with Crippen LogP contribution in [0.5, 0.6) is 0 Å². The third kappa shape index (κ3) is 8.19. The van der Waals surface area contributed by atoms with Gasteiger partial charge in [-0.25, -0.2) is 0 Å². The molecule has 1 aromatic carbocycles. The van der Waals surface area contributed by atoms with Gasteiger partial charge in [-0.05, 0) is 57.6 Å². The van der Waals surface area contributed by atoms with Crippen LogP contribution >= 0.6 is 0 Å². The summed E-state index contributed by atoms with van der Waals surface area (Å²) < 4.78 is 26.6. The highest BCUT2D eigenvalue weighted by Gasteiger charge is 2.48. The third-order valence-corrected chi connectivity index (χ3v) is 23.1. The molecule has 0 aliphatic carbocycles. The standard InChI is InChI=1S/C20H38O4Si5/c1-12-25(4,5)21-28(10,14-3)23-27(8,9)24-29(11,22-26(6,7)13-2)20-18-16-15-17-19-20/h12-19H,1-3H2,4-11H3. The fourth-order valence-corrected chi connectivity index (χ4v) is 23.6. The summed E-state index contributed by atoms with van der Waals surface area (Å²) in [7, 11) is -12.1. The van der Waals surface area contributed by atoms with Gasteiger partial charge < -0.3 is 16.5 Å². The van der Waals surface area contributed by atoms with E-state index in [2.05, 4.69) is 77.7 Å². The van der Waals surface area contributed by atoms with Gasteiger partial charge in [-0.1, -0.05) is 47.4 Å². The second kappa shape index (κ2) is 9.66. The van der Waals surface area contributed by atoms with E-state index in [0.717, 1.165) is 5.19 Å². The molecule has 29 heavy (non-hydrogen) atoms. The molecule has 0 N–H and O–H groups in total. The SMILES string of the molecule is C=C[Si](C)(C)O[Si](C)(C=C)O[Si](C)(C)O[Si](C)(O[Si](C)(C)C=C)c1ccccc1. The van der Waals surface area contributed by atoms with Crippen LogP contribution in [-0.4, -0.2) is 42.3 Å². The lowest BCUT2D eigenvalue weighted by Gasteiger charge is -2.43. The summed E-state index contributed by atoms with van der Waals surface area (Å²) in [5, 5.41) is 1.09. The Morgan fingerprint density at radius 1 is 0.621 bits per heavy atom. The molecule has 0 radical (unpaired) electrons. The van der Waals surface area contributed by atoms with Gasteiger partial charge in [0.25, 0.3) is 0 Å². The number of hydrogen-bond acceptors (Lipinski definition) is 4. The molecule has 0 spiro atoms. The van der Waals surface area contributed by atoms with E-state index in [1.807, 2.05) is 41.8 Å². The van der Waals surface area contributed by atoms with Crippen LogP contribution in [0.2, 0.25) is 52.4 Å². The molecule has 0 aliphatic heterocycles. The second-order valence-corrected chi connectivity index (χ2v) is 27.2. The van der Waals surface area contributed by atoms with E-state index in [9.17, 15) is 0 Å². The highest BCUT2D eigenvalue weighted by atomic mass is 28.5. The Balaban J connectivity index is 3.24. The first kappa shape index (κ1) is 26.4. The maximum atomic E-state index is 6.81. The Morgan fingerprint density at radius 2 is 1.10 bits per heavy atom. The first-order chi connectivity index (χ1) is 13.1. The van der Waals surface area contributed by atoms with E-state index in [0.29, 0.717) is 0 Å². The molecule has 0 fully saturated rings. The molecule has 0 saturated heterocycles. The maximum absolute atomic E-state index is 6.81. The number of benzene rings is 1. The van der Waals surface area contributed by atoms with Gasteiger partial charge in [0.1, 0.15) is 0 Å². The van der Waals surface area contributed by atoms with Crippen molar-refractivity contribution < 1.29 is 16.5 Å². The fraction of sp³-hybridized carbons (Fsp3) is 0.400. The summed E-state index contributed by atoms with van der Waals surface area (Å²) >= 11 is 0. The van der Waals surface area contributed by atoms with Gasteiger partial charge in [-0.15, -0.1) is 19.7 Å². The zero-order valence-electron chi connectivity index (χ0n) is 19.4. The molecule has 0 aliphatic rings. The lowest BCUT2D eigenvalue weighted by molar-refractivity contribution is 0.308. The van der Waals surface area contributed by atoms with Crippen LogP contribution in [0.1, 0.15) is 0 Å². The summed E-state index contributed by atoms with van der Waals surface area (Å²) in [5.41, 5.74) is 5.71. The van der Waals surface area contributed by atoms with Crippen molar-refractivity contribution in [1.29, 1.82) is 0 Å². The molecular formula is C20H38O4Si5. The first-order valence-electron chi connectivity index (χ1n) is 9.88. The number of hydrogen-bond donors (Lipinski definition) is 0. The van der Waals surface area contributed by atoms with Crippen molar-refractivity contribution >= 4 is 47.5 Å². The van der Waals surface area contributed by atoms with Gasteiger partial charge in [0.2, 0.25) is 0 Å². The molecule has 0 heterocycles. The normalized spacial score (nSPS) is 17.1. The second-order valence-electron chi connectivity index (χ2n) is 8.96. The van der Waals surface area contributed by atoms with Crippen LogP contribution in [0.4, 0.5) is 0 Å². The largest absolute Gasteiger partial charge is 0.430 e. The average Bonchev–Trinajstić information content (AvgIpc) is 2.60. The lowest BCUT2D eigenvalue weighted by atomic mass is 10.4. The van der Waals surface area contributed by atoms with Crippen LogP contribution in [0.25, 0.3) is 0 Å². The zero-order chi connectivity index (χ0) is 22.6. The highest BCUT2D eigenvalue weighted by Crippen LogP contribution is 2.27. The monoisotopic (exact) mass is 482 g/mol. The first-order valence-corrected chi connectivity index (χ1v) is 23.4. The molecule has 0 saturated carbocycles. The summed E-state index contributed by atoms with van der Waals surface area (Å²) in [5.74, 6) is 0. The van der Waals surface area contributed by atoms with E-state index in [1.165, 1.54) is 0 Å². The molecule has 4 nitrogen and oxygen atoms in total. The summed E-state index contributed by atoms with van der Waals surface area (Å²) in [6.45, 7) is 28.7. The maximum Gasteiger partial charge on any atom is 0.350 e. The topological polar surface area (TPSA) is 36.9 Å². The van der Waals surface area contributed by atoms with Crippen molar-refractivity contribution in [2.75, 3.05) is 0 Å². The average molecular weight is 483 g/mol. The number of rotatable bonds is 12.